The molecule has 1 aromatic rings. The van der Waals surface area contributed by atoms with Gasteiger partial charge < -0.3 is 15.4 Å². The molecule has 0 radical (unpaired) electrons. The van der Waals surface area contributed by atoms with Gasteiger partial charge in [-0.3, -0.25) is 0 Å². The largest absolute Gasteiger partial charge is 0.380 e. The van der Waals surface area contributed by atoms with Crippen LogP contribution in [-0.4, -0.2) is 36.3 Å². The molecular formula is C15H28N4O. The minimum Gasteiger partial charge on any atom is -0.380 e. The molecule has 5 heteroatoms. The molecule has 0 aromatic carbocycles. The summed E-state index contributed by atoms with van der Waals surface area (Å²) in [6.45, 7) is 13.5. The molecule has 0 aliphatic heterocycles. The van der Waals surface area contributed by atoms with E-state index in [1.807, 2.05) is 13.8 Å². The highest BCUT2D eigenvalue weighted by atomic mass is 16.5. The van der Waals surface area contributed by atoms with Crippen LogP contribution in [0.2, 0.25) is 0 Å². The monoisotopic (exact) mass is 280 g/mol. The summed E-state index contributed by atoms with van der Waals surface area (Å²) in [6, 6.07) is 0. The molecule has 0 aliphatic carbocycles. The fraction of sp³-hybridized carbons (Fsp3) is 0.733. The number of nitrogens with zero attached hydrogens (tertiary/aromatic N) is 2. The highest BCUT2D eigenvalue weighted by molar-refractivity contribution is 5.57. The Kier molecular flexibility index (Phi) is 7.30. The van der Waals surface area contributed by atoms with Gasteiger partial charge in [-0.15, -0.1) is 0 Å². The number of ether oxygens (including phenoxy) is 1. The van der Waals surface area contributed by atoms with Gasteiger partial charge in [0.1, 0.15) is 17.5 Å². The number of nitrogens with one attached hydrogen (secondary N) is 2. The van der Waals surface area contributed by atoms with Crippen LogP contribution >= 0.6 is 0 Å². The lowest BCUT2D eigenvalue weighted by molar-refractivity contribution is 0.158. The molecule has 0 atom stereocenters. The van der Waals surface area contributed by atoms with Gasteiger partial charge in [-0.25, -0.2) is 9.97 Å². The second-order valence-corrected chi connectivity index (χ2v) is 5.11. The van der Waals surface area contributed by atoms with E-state index in [0.717, 1.165) is 49.1 Å². The Morgan fingerprint density at radius 3 is 2.15 bits per heavy atom. The van der Waals surface area contributed by atoms with E-state index < -0.39 is 0 Å². The lowest BCUT2D eigenvalue weighted by Gasteiger charge is -2.16. The maximum absolute atomic E-state index is 5.35. The van der Waals surface area contributed by atoms with E-state index in [9.17, 15) is 0 Å². The average Bonchev–Trinajstić information content (AvgIpc) is 2.43. The number of aromatic nitrogens is 2. The van der Waals surface area contributed by atoms with Crippen LogP contribution in [-0.2, 0) is 4.74 Å². The molecule has 1 rings (SSSR count). The van der Waals surface area contributed by atoms with Gasteiger partial charge in [0.15, 0.2) is 0 Å². The molecular weight excluding hydrogens is 252 g/mol. The third-order valence-electron chi connectivity index (χ3n) is 2.96. The van der Waals surface area contributed by atoms with Crippen LogP contribution in [0.5, 0.6) is 0 Å². The second kappa shape index (κ2) is 8.74. The van der Waals surface area contributed by atoms with Gasteiger partial charge in [0.05, 0.1) is 6.61 Å². The van der Waals surface area contributed by atoms with Crippen molar-refractivity contribution in [2.75, 3.05) is 36.9 Å². The molecule has 2 N–H and O–H groups in total. The first-order valence-corrected chi connectivity index (χ1v) is 7.54. The minimum atomic E-state index is 0.310. The van der Waals surface area contributed by atoms with Gasteiger partial charge in [-0.05, 0) is 20.3 Å². The molecule has 0 spiro atoms. The van der Waals surface area contributed by atoms with E-state index in [1.54, 1.807) is 0 Å². The molecule has 0 saturated carbocycles. The average molecular weight is 280 g/mol. The normalized spacial score (nSPS) is 10.9. The highest BCUT2D eigenvalue weighted by Gasteiger charge is 2.12. The van der Waals surface area contributed by atoms with Crippen molar-refractivity contribution in [1.29, 1.82) is 0 Å². The third-order valence-corrected chi connectivity index (χ3v) is 2.96. The Labute approximate surface area is 122 Å². The summed E-state index contributed by atoms with van der Waals surface area (Å²) in [4.78, 5) is 9.24. The van der Waals surface area contributed by atoms with E-state index in [1.165, 1.54) is 0 Å². The summed E-state index contributed by atoms with van der Waals surface area (Å²) in [7, 11) is 0. The van der Waals surface area contributed by atoms with E-state index in [0.29, 0.717) is 12.5 Å². The van der Waals surface area contributed by atoms with Gasteiger partial charge in [-0.2, -0.15) is 0 Å². The molecule has 0 unspecified atom stereocenters. The highest BCUT2D eigenvalue weighted by Crippen LogP contribution is 2.23. The van der Waals surface area contributed by atoms with Crippen LogP contribution < -0.4 is 10.6 Å². The van der Waals surface area contributed by atoms with Crippen LogP contribution in [0.3, 0.4) is 0 Å². The number of anilines is 2. The summed E-state index contributed by atoms with van der Waals surface area (Å²) in [6.07, 6.45) is 1.08. The van der Waals surface area contributed by atoms with Crippen molar-refractivity contribution in [1.82, 2.24) is 9.97 Å². The number of hydrogen-bond donors (Lipinski definition) is 2. The zero-order valence-electron chi connectivity index (χ0n) is 13.4. The Morgan fingerprint density at radius 2 is 1.65 bits per heavy atom. The lowest BCUT2D eigenvalue weighted by Crippen LogP contribution is -2.15. The van der Waals surface area contributed by atoms with Crippen LogP contribution in [0.15, 0.2) is 0 Å². The summed E-state index contributed by atoms with van der Waals surface area (Å²) in [5.74, 6) is 3.02. The summed E-state index contributed by atoms with van der Waals surface area (Å²) in [5, 5.41) is 6.72. The van der Waals surface area contributed by atoms with Gasteiger partial charge in [0, 0.05) is 31.2 Å². The Hall–Kier alpha value is -1.36. The molecule has 0 aliphatic rings. The van der Waals surface area contributed by atoms with E-state index in [2.05, 4.69) is 41.4 Å². The minimum absolute atomic E-state index is 0.310. The molecule has 20 heavy (non-hydrogen) atoms. The van der Waals surface area contributed by atoms with Crippen molar-refractivity contribution in [3.05, 3.63) is 11.4 Å². The van der Waals surface area contributed by atoms with Crippen molar-refractivity contribution in [3.8, 4) is 0 Å². The van der Waals surface area contributed by atoms with Crippen molar-refractivity contribution in [3.63, 3.8) is 0 Å². The fourth-order valence-corrected chi connectivity index (χ4v) is 1.77. The maximum atomic E-state index is 5.35. The fourth-order valence-electron chi connectivity index (χ4n) is 1.77. The van der Waals surface area contributed by atoms with Crippen LogP contribution in [0, 0.1) is 6.92 Å². The van der Waals surface area contributed by atoms with E-state index in [4.69, 9.17) is 4.74 Å². The molecule has 1 heterocycles. The molecule has 0 bridgehead atoms. The number of hydrogen-bond acceptors (Lipinski definition) is 5. The predicted octanol–water partition coefficient (Wildman–Crippen LogP) is 3.18. The van der Waals surface area contributed by atoms with Crippen LogP contribution in [0.25, 0.3) is 0 Å². The smallest absolute Gasteiger partial charge is 0.135 e. The van der Waals surface area contributed by atoms with Gasteiger partial charge in [0.25, 0.3) is 0 Å². The summed E-state index contributed by atoms with van der Waals surface area (Å²) >= 11 is 0. The topological polar surface area (TPSA) is 59.1 Å². The van der Waals surface area contributed by atoms with Crippen molar-refractivity contribution in [2.45, 2.75) is 47.0 Å². The zero-order chi connectivity index (χ0) is 15.0. The molecule has 0 saturated heterocycles. The van der Waals surface area contributed by atoms with Crippen molar-refractivity contribution in [2.24, 2.45) is 0 Å². The molecule has 1 aromatic heterocycles. The second-order valence-electron chi connectivity index (χ2n) is 5.11. The summed E-state index contributed by atoms with van der Waals surface area (Å²) in [5.41, 5.74) is 1.07. The quantitative estimate of drug-likeness (QED) is 0.680. The standard InChI is InChI=1S/C15H28N4O/c1-6-8-16-14-12(5)15(17-9-10-20-7-2)19-13(18-14)11(3)4/h11H,6-10H2,1-5H3,(H2,16,17,18,19). The van der Waals surface area contributed by atoms with Crippen LogP contribution in [0.1, 0.15) is 51.4 Å². The van der Waals surface area contributed by atoms with Gasteiger partial charge in [0.2, 0.25) is 0 Å². The van der Waals surface area contributed by atoms with Crippen molar-refractivity contribution >= 4 is 11.6 Å². The predicted molar refractivity (Wildman–Crippen MR) is 84.6 cm³/mol. The van der Waals surface area contributed by atoms with Crippen LogP contribution in [0.4, 0.5) is 11.6 Å². The Bertz CT molecular complexity index is 407. The first kappa shape index (κ1) is 16.7. The SMILES string of the molecule is CCCNc1nc(C(C)C)nc(NCCOCC)c1C. The molecule has 5 nitrogen and oxygen atoms in total. The lowest BCUT2D eigenvalue weighted by atomic mass is 10.2. The zero-order valence-corrected chi connectivity index (χ0v) is 13.4. The molecule has 0 fully saturated rings. The third kappa shape index (κ3) is 4.96. The molecule has 114 valence electrons. The first-order chi connectivity index (χ1) is 9.60. The first-order valence-electron chi connectivity index (χ1n) is 7.54. The van der Waals surface area contributed by atoms with E-state index >= 15 is 0 Å². The maximum Gasteiger partial charge on any atom is 0.135 e. The van der Waals surface area contributed by atoms with Gasteiger partial charge >= 0.3 is 0 Å². The Morgan fingerprint density at radius 1 is 1.05 bits per heavy atom. The summed E-state index contributed by atoms with van der Waals surface area (Å²) < 4.78 is 5.35. The van der Waals surface area contributed by atoms with Gasteiger partial charge in [-0.1, -0.05) is 20.8 Å². The number of rotatable bonds is 9. The van der Waals surface area contributed by atoms with Crippen molar-refractivity contribution < 1.29 is 4.74 Å². The Balaban J connectivity index is 2.86. The molecule has 0 amide bonds. The van der Waals surface area contributed by atoms with E-state index in [-0.39, 0.29) is 0 Å².